The van der Waals surface area contributed by atoms with Gasteiger partial charge in [0.15, 0.2) is 0 Å². The molecule has 1 unspecified atom stereocenters. The summed E-state index contributed by atoms with van der Waals surface area (Å²) in [6, 6.07) is 0. The van der Waals surface area contributed by atoms with E-state index in [1.807, 2.05) is 6.92 Å². The highest BCUT2D eigenvalue weighted by atomic mass is 32.2. The maximum atomic E-state index is 12.1. The predicted octanol–water partition coefficient (Wildman–Crippen LogP) is 2.15. The fraction of sp³-hybridized carbons (Fsp3) is 0.880. The summed E-state index contributed by atoms with van der Waals surface area (Å²) in [7, 11) is 0. The third-order valence-electron chi connectivity index (χ3n) is 5.06. The second kappa shape index (κ2) is 26.2. The van der Waals surface area contributed by atoms with Gasteiger partial charge in [-0.25, -0.2) is 4.79 Å². The molecule has 1 atom stereocenters. The molecule has 0 spiro atoms. The highest BCUT2D eigenvalue weighted by Gasteiger charge is 2.13. The zero-order valence-electron chi connectivity index (χ0n) is 23.1. The van der Waals surface area contributed by atoms with Crippen LogP contribution in [0.5, 0.6) is 0 Å². The average Bonchev–Trinajstić information content (AvgIpc) is 2.88. The zero-order valence-corrected chi connectivity index (χ0v) is 23.9. The summed E-state index contributed by atoms with van der Waals surface area (Å²) in [6.45, 7) is 11.8. The lowest BCUT2D eigenvalue weighted by molar-refractivity contribution is -0.124. The Balaban J connectivity index is 3.33. The number of Topliss-reactive ketones (excluding diaryl/α,β-unsaturated/α-hetero) is 1. The molecule has 0 aliphatic heterocycles. The number of ether oxygens (including phenoxy) is 6. The molecule has 0 aromatic carbocycles. The van der Waals surface area contributed by atoms with Crippen molar-refractivity contribution < 1.29 is 42.8 Å². The van der Waals surface area contributed by atoms with Crippen molar-refractivity contribution in [2.45, 2.75) is 45.3 Å². The van der Waals surface area contributed by atoms with Crippen molar-refractivity contribution in [2.24, 2.45) is 0 Å². The fourth-order valence-electron chi connectivity index (χ4n) is 2.74. The van der Waals surface area contributed by atoms with Crippen LogP contribution in [0.2, 0.25) is 0 Å². The van der Waals surface area contributed by atoms with E-state index in [-0.39, 0.29) is 37.2 Å². The summed E-state index contributed by atoms with van der Waals surface area (Å²) in [5.74, 6) is -0.142. The first-order chi connectivity index (χ1) is 17.9. The van der Waals surface area contributed by atoms with E-state index in [0.717, 1.165) is 6.42 Å². The Labute approximate surface area is 226 Å². The number of nitrogens with zero attached hydrogens (tertiary/aromatic N) is 1. The van der Waals surface area contributed by atoms with Crippen molar-refractivity contribution in [1.29, 1.82) is 0 Å². The topological polar surface area (TPSA) is 122 Å². The summed E-state index contributed by atoms with van der Waals surface area (Å²) in [4.78, 5) is 36.0. The van der Waals surface area contributed by atoms with Crippen LogP contribution in [0.15, 0.2) is 0 Å². The van der Waals surface area contributed by atoms with Gasteiger partial charge in [-0.3, -0.25) is 4.79 Å². The normalized spacial score (nSPS) is 11.8. The van der Waals surface area contributed by atoms with Crippen LogP contribution in [0.1, 0.15) is 40.0 Å². The van der Waals surface area contributed by atoms with E-state index in [9.17, 15) is 14.4 Å². The molecule has 0 heterocycles. The van der Waals surface area contributed by atoms with Crippen molar-refractivity contribution in [3.05, 3.63) is 0 Å². The molecule has 0 rings (SSSR count). The summed E-state index contributed by atoms with van der Waals surface area (Å²) in [5.41, 5.74) is 0. The number of ketones is 1. The molecule has 0 bridgehead atoms. The van der Waals surface area contributed by atoms with E-state index in [2.05, 4.69) is 18.5 Å². The van der Waals surface area contributed by atoms with Gasteiger partial charge in [-0.2, -0.15) is 11.8 Å². The SMILES string of the molecule is CCN(CCC(C)SC)C(=O)OCCOCCOCCOCCOCCOCCNC(=O)CCC(C)=O. The van der Waals surface area contributed by atoms with Crippen LogP contribution in [-0.2, 0) is 38.0 Å². The highest BCUT2D eigenvalue weighted by molar-refractivity contribution is 7.99. The number of rotatable bonds is 26. The number of carbonyl (C=O) groups excluding carboxylic acids is 3. The first kappa shape index (κ1) is 35.6. The summed E-state index contributed by atoms with van der Waals surface area (Å²) >= 11 is 1.79. The van der Waals surface area contributed by atoms with Crippen molar-refractivity contribution in [3.8, 4) is 0 Å². The van der Waals surface area contributed by atoms with E-state index in [4.69, 9.17) is 28.4 Å². The Bertz CT molecular complexity index is 584. The van der Waals surface area contributed by atoms with Crippen molar-refractivity contribution in [3.63, 3.8) is 0 Å². The van der Waals surface area contributed by atoms with Crippen LogP contribution in [0, 0.1) is 0 Å². The number of hydrogen-bond donors (Lipinski definition) is 1. The number of amides is 2. The van der Waals surface area contributed by atoms with Gasteiger partial charge < -0.3 is 43.4 Å². The molecular weight excluding hydrogens is 504 g/mol. The van der Waals surface area contributed by atoms with Crippen LogP contribution in [0.3, 0.4) is 0 Å². The van der Waals surface area contributed by atoms with Crippen LogP contribution >= 0.6 is 11.8 Å². The first-order valence-electron chi connectivity index (χ1n) is 13.0. The first-order valence-corrected chi connectivity index (χ1v) is 14.3. The summed E-state index contributed by atoms with van der Waals surface area (Å²) in [5, 5.41) is 3.21. The van der Waals surface area contributed by atoms with E-state index in [1.54, 1.807) is 16.7 Å². The van der Waals surface area contributed by atoms with Gasteiger partial charge in [-0.1, -0.05) is 6.92 Å². The minimum absolute atomic E-state index is 0.00362. The minimum Gasteiger partial charge on any atom is -0.447 e. The Hall–Kier alpha value is -1.44. The molecule has 12 heteroatoms. The van der Waals surface area contributed by atoms with Gasteiger partial charge in [0.1, 0.15) is 12.4 Å². The largest absolute Gasteiger partial charge is 0.447 e. The lowest BCUT2D eigenvalue weighted by Crippen LogP contribution is -2.34. The van der Waals surface area contributed by atoms with Crippen molar-refractivity contribution >= 4 is 29.5 Å². The average molecular weight is 553 g/mol. The molecule has 1 N–H and O–H groups in total. The van der Waals surface area contributed by atoms with Crippen LogP contribution in [0.4, 0.5) is 4.79 Å². The molecule has 0 aliphatic carbocycles. The Morgan fingerprint density at radius 2 is 1.27 bits per heavy atom. The maximum Gasteiger partial charge on any atom is 0.409 e. The summed E-state index contributed by atoms with van der Waals surface area (Å²) in [6.07, 6.45) is 3.19. The molecule has 0 saturated carbocycles. The third kappa shape index (κ3) is 24.6. The number of thioether (sulfide) groups is 1. The lowest BCUT2D eigenvalue weighted by Gasteiger charge is -2.21. The van der Waals surface area contributed by atoms with Gasteiger partial charge in [0.05, 0.1) is 66.1 Å². The molecule has 0 fully saturated rings. The molecule has 0 radical (unpaired) electrons. The predicted molar refractivity (Wildman–Crippen MR) is 143 cm³/mol. The second-order valence-electron chi connectivity index (χ2n) is 8.14. The quantitative estimate of drug-likeness (QED) is 0.160. The van der Waals surface area contributed by atoms with Gasteiger partial charge in [0, 0.05) is 37.7 Å². The van der Waals surface area contributed by atoms with Gasteiger partial charge in [0.25, 0.3) is 0 Å². The molecule has 0 aromatic rings. The van der Waals surface area contributed by atoms with Crippen molar-refractivity contribution in [2.75, 3.05) is 98.6 Å². The number of hydrogen-bond acceptors (Lipinski definition) is 10. The van der Waals surface area contributed by atoms with E-state index in [1.165, 1.54) is 6.92 Å². The van der Waals surface area contributed by atoms with Gasteiger partial charge in [-0.15, -0.1) is 0 Å². The van der Waals surface area contributed by atoms with E-state index in [0.29, 0.717) is 91.0 Å². The molecule has 11 nitrogen and oxygen atoms in total. The third-order valence-corrected chi connectivity index (χ3v) is 6.10. The molecule has 37 heavy (non-hydrogen) atoms. The Morgan fingerprint density at radius 3 is 1.73 bits per heavy atom. The lowest BCUT2D eigenvalue weighted by atomic mass is 10.2. The fourth-order valence-corrected chi connectivity index (χ4v) is 3.08. The number of carbonyl (C=O) groups is 3. The monoisotopic (exact) mass is 552 g/mol. The van der Waals surface area contributed by atoms with Crippen LogP contribution < -0.4 is 5.32 Å². The highest BCUT2D eigenvalue weighted by Crippen LogP contribution is 2.10. The molecule has 2 amide bonds. The Kier molecular flexibility index (Phi) is 25.2. The number of nitrogens with one attached hydrogen (secondary N) is 1. The molecule has 0 saturated heterocycles. The summed E-state index contributed by atoms with van der Waals surface area (Å²) < 4.78 is 32.3. The Morgan fingerprint density at radius 1 is 0.784 bits per heavy atom. The van der Waals surface area contributed by atoms with Gasteiger partial charge >= 0.3 is 6.09 Å². The van der Waals surface area contributed by atoms with Gasteiger partial charge in [0.2, 0.25) is 5.91 Å². The smallest absolute Gasteiger partial charge is 0.409 e. The maximum absolute atomic E-state index is 12.1. The van der Waals surface area contributed by atoms with E-state index < -0.39 is 0 Å². The second-order valence-corrected chi connectivity index (χ2v) is 9.42. The minimum atomic E-state index is -0.298. The van der Waals surface area contributed by atoms with E-state index >= 15 is 0 Å². The van der Waals surface area contributed by atoms with Crippen LogP contribution in [0.25, 0.3) is 0 Å². The molecule has 218 valence electrons. The van der Waals surface area contributed by atoms with Crippen LogP contribution in [-0.4, -0.2) is 126 Å². The zero-order chi connectivity index (χ0) is 27.6. The van der Waals surface area contributed by atoms with Gasteiger partial charge in [-0.05, 0) is 26.5 Å². The standard InChI is InChI=1S/C25H48N2O9S/c1-5-27(10-8-23(3)37-4)25(30)36-21-20-35-19-18-34-17-16-33-15-14-32-13-12-31-11-9-26-24(29)7-6-22(2)28/h23H,5-21H2,1-4H3,(H,26,29). The van der Waals surface area contributed by atoms with Crippen molar-refractivity contribution in [1.82, 2.24) is 10.2 Å². The molecular formula is C25H48N2O9S. The molecule has 0 aromatic heterocycles. The molecule has 0 aliphatic rings.